The third kappa shape index (κ3) is 6.71. The number of amides is 1. The van der Waals surface area contributed by atoms with E-state index in [1.807, 2.05) is 6.07 Å². The summed E-state index contributed by atoms with van der Waals surface area (Å²) in [7, 11) is 0. The highest BCUT2D eigenvalue weighted by Gasteiger charge is 2.10. The molecule has 0 aliphatic rings. The van der Waals surface area contributed by atoms with Gasteiger partial charge in [0.1, 0.15) is 11.6 Å². The van der Waals surface area contributed by atoms with Crippen molar-refractivity contribution in [1.82, 2.24) is 14.9 Å². The van der Waals surface area contributed by atoms with Crippen LogP contribution in [-0.4, -0.2) is 28.6 Å². The molecule has 170 valence electrons. The Morgan fingerprint density at radius 1 is 1.06 bits per heavy atom. The molecule has 0 saturated heterocycles. The number of hydrogen-bond acceptors (Lipinski definition) is 3. The van der Waals surface area contributed by atoms with Crippen molar-refractivity contribution in [3.05, 3.63) is 71.6 Å². The number of benzene rings is 2. The molecule has 5 nitrogen and oxygen atoms in total. The lowest BCUT2D eigenvalue weighted by molar-refractivity contribution is -0.117. The van der Waals surface area contributed by atoms with Crippen LogP contribution in [-0.2, 0) is 17.8 Å². The zero-order chi connectivity index (χ0) is 22.9. The predicted molar refractivity (Wildman–Crippen MR) is 131 cm³/mol. The quantitative estimate of drug-likeness (QED) is 0.302. The summed E-state index contributed by atoms with van der Waals surface area (Å²) < 4.78 is 8.34. The number of nitrogens with one attached hydrogen (secondary N) is 1. The van der Waals surface area contributed by atoms with Crippen LogP contribution in [0.1, 0.15) is 49.6 Å². The van der Waals surface area contributed by atoms with Gasteiger partial charge in [-0.15, -0.1) is 0 Å². The molecular formula is C27H35N3O2. The molecule has 0 spiro atoms. The Kier molecular flexibility index (Phi) is 8.48. The van der Waals surface area contributed by atoms with Gasteiger partial charge in [-0.3, -0.25) is 4.79 Å². The van der Waals surface area contributed by atoms with Crippen LogP contribution in [0.25, 0.3) is 11.0 Å². The molecule has 2 aromatic carbocycles. The van der Waals surface area contributed by atoms with E-state index >= 15 is 0 Å². The number of nitrogens with zero attached hydrogens (tertiary/aromatic N) is 2. The van der Waals surface area contributed by atoms with Gasteiger partial charge in [0.05, 0.1) is 17.6 Å². The Morgan fingerprint density at radius 2 is 1.81 bits per heavy atom. The molecule has 0 aliphatic heterocycles. The highest BCUT2D eigenvalue weighted by atomic mass is 16.5. The fourth-order valence-corrected chi connectivity index (χ4v) is 3.93. The second kappa shape index (κ2) is 11.5. The Balaban J connectivity index is 1.52. The molecular weight excluding hydrogens is 398 g/mol. The van der Waals surface area contributed by atoms with E-state index in [9.17, 15) is 4.79 Å². The average Bonchev–Trinajstić information content (AvgIpc) is 3.10. The fourth-order valence-electron chi connectivity index (χ4n) is 3.93. The van der Waals surface area contributed by atoms with Crippen LogP contribution in [0.5, 0.6) is 5.75 Å². The van der Waals surface area contributed by atoms with Gasteiger partial charge in [0, 0.05) is 25.1 Å². The number of fused-ring (bicyclic) bond motifs is 1. The van der Waals surface area contributed by atoms with Gasteiger partial charge in [-0.2, -0.15) is 0 Å². The summed E-state index contributed by atoms with van der Waals surface area (Å²) in [4.78, 5) is 16.4. The molecule has 32 heavy (non-hydrogen) atoms. The van der Waals surface area contributed by atoms with Crippen molar-refractivity contribution in [3.63, 3.8) is 0 Å². The largest absolute Gasteiger partial charge is 0.494 e. The van der Waals surface area contributed by atoms with Crippen LogP contribution in [0, 0.1) is 13.8 Å². The fraction of sp³-hybridized carbons (Fsp3) is 0.407. The number of aromatic nitrogens is 2. The summed E-state index contributed by atoms with van der Waals surface area (Å²) in [6.07, 6.45) is 4.91. The number of hydrogen-bond donors (Lipinski definition) is 1. The minimum absolute atomic E-state index is 0.0603. The summed E-state index contributed by atoms with van der Waals surface area (Å²) in [5, 5.41) is 2.90. The third-order valence-electron chi connectivity index (χ3n) is 5.47. The summed E-state index contributed by atoms with van der Waals surface area (Å²) in [5.41, 5.74) is 5.23. The average molecular weight is 434 g/mol. The van der Waals surface area contributed by atoms with E-state index in [1.165, 1.54) is 16.6 Å². The van der Waals surface area contributed by atoms with Gasteiger partial charge in [-0.1, -0.05) is 31.2 Å². The standard InChI is InChI=1S/C27H35N3O2/c1-20(2)27(31)28-14-9-5-6-13-26-29-24-11-7-8-12-25(24)30(26)15-10-16-32-23-18-21(3)17-22(4)19-23/h7-8,11-12,17-19H,1,5-6,9-10,13-16H2,2-4H3,(H,28,31). The summed E-state index contributed by atoms with van der Waals surface area (Å²) in [6.45, 7) is 11.8. The van der Waals surface area contributed by atoms with Crippen LogP contribution < -0.4 is 10.1 Å². The highest BCUT2D eigenvalue weighted by Crippen LogP contribution is 2.20. The molecule has 0 saturated carbocycles. The minimum atomic E-state index is -0.0603. The normalized spacial score (nSPS) is 11.0. The first kappa shape index (κ1) is 23.6. The van der Waals surface area contributed by atoms with Crippen molar-refractivity contribution >= 4 is 16.9 Å². The van der Waals surface area contributed by atoms with Crippen LogP contribution >= 0.6 is 0 Å². The number of aryl methyl sites for hydroxylation is 4. The molecule has 1 heterocycles. The molecule has 1 N–H and O–H groups in total. The van der Waals surface area contributed by atoms with Crippen LogP contribution in [0.2, 0.25) is 0 Å². The van der Waals surface area contributed by atoms with E-state index in [0.29, 0.717) is 18.7 Å². The summed E-state index contributed by atoms with van der Waals surface area (Å²) in [5.74, 6) is 2.01. The molecule has 0 unspecified atom stereocenters. The zero-order valence-electron chi connectivity index (χ0n) is 19.6. The SMILES string of the molecule is C=C(C)C(=O)NCCCCCc1nc2ccccc2n1CCCOc1cc(C)cc(C)c1. The van der Waals surface area contributed by atoms with Crippen LogP contribution in [0.3, 0.4) is 0 Å². The van der Waals surface area contributed by atoms with Gasteiger partial charge in [0.25, 0.3) is 0 Å². The number of imidazole rings is 1. The first-order chi connectivity index (χ1) is 15.4. The molecule has 0 fully saturated rings. The smallest absolute Gasteiger partial charge is 0.246 e. The Bertz CT molecular complexity index is 1050. The lowest BCUT2D eigenvalue weighted by atomic mass is 10.1. The maximum absolute atomic E-state index is 11.6. The number of para-hydroxylation sites is 2. The molecule has 5 heteroatoms. The lowest BCUT2D eigenvalue weighted by Gasteiger charge is -2.11. The first-order valence-corrected chi connectivity index (χ1v) is 11.5. The molecule has 3 aromatic rings. The maximum atomic E-state index is 11.6. The van der Waals surface area contributed by atoms with E-state index in [-0.39, 0.29) is 5.91 Å². The minimum Gasteiger partial charge on any atom is -0.494 e. The number of unbranched alkanes of at least 4 members (excludes halogenated alkanes) is 2. The van der Waals surface area contributed by atoms with Crippen molar-refractivity contribution in [3.8, 4) is 5.75 Å². The van der Waals surface area contributed by atoms with Crippen molar-refractivity contribution in [2.75, 3.05) is 13.2 Å². The first-order valence-electron chi connectivity index (χ1n) is 11.5. The van der Waals surface area contributed by atoms with E-state index in [1.54, 1.807) is 6.92 Å². The third-order valence-corrected chi connectivity index (χ3v) is 5.47. The van der Waals surface area contributed by atoms with Crippen molar-refractivity contribution in [1.29, 1.82) is 0 Å². The molecule has 0 bridgehead atoms. The molecule has 1 aromatic heterocycles. The molecule has 3 rings (SSSR count). The van der Waals surface area contributed by atoms with E-state index in [4.69, 9.17) is 9.72 Å². The van der Waals surface area contributed by atoms with Gasteiger partial charge < -0.3 is 14.6 Å². The van der Waals surface area contributed by atoms with Crippen LogP contribution in [0.15, 0.2) is 54.6 Å². The van der Waals surface area contributed by atoms with E-state index in [2.05, 4.69) is 66.7 Å². The monoisotopic (exact) mass is 433 g/mol. The molecule has 1 amide bonds. The van der Waals surface area contributed by atoms with E-state index < -0.39 is 0 Å². The van der Waals surface area contributed by atoms with E-state index in [0.717, 1.165) is 55.7 Å². The van der Waals surface area contributed by atoms with Gasteiger partial charge >= 0.3 is 0 Å². The van der Waals surface area contributed by atoms with Gasteiger partial charge in [0.15, 0.2) is 0 Å². The van der Waals surface area contributed by atoms with Crippen molar-refractivity contribution < 1.29 is 9.53 Å². The Morgan fingerprint density at radius 3 is 2.56 bits per heavy atom. The predicted octanol–water partition coefficient (Wildman–Crippen LogP) is 5.53. The second-order valence-electron chi connectivity index (χ2n) is 8.54. The van der Waals surface area contributed by atoms with Gasteiger partial charge in [0.2, 0.25) is 5.91 Å². The maximum Gasteiger partial charge on any atom is 0.246 e. The second-order valence-corrected chi connectivity index (χ2v) is 8.54. The Labute approximate surface area is 191 Å². The molecule has 0 aliphatic carbocycles. The topological polar surface area (TPSA) is 56.2 Å². The Hall–Kier alpha value is -3.08. The van der Waals surface area contributed by atoms with Gasteiger partial charge in [-0.05, 0) is 75.4 Å². The number of carbonyl (C=O) groups excluding carboxylic acids is 1. The highest BCUT2D eigenvalue weighted by molar-refractivity contribution is 5.92. The van der Waals surface area contributed by atoms with Crippen molar-refractivity contribution in [2.24, 2.45) is 0 Å². The van der Waals surface area contributed by atoms with Crippen LogP contribution in [0.4, 0.5) is 0 Å². The lowest BCUT2D eigenvalue weighted by Crippen LogP contribution is -2.24. The number of ether oxygens (including phenoxy) is 1. The zero-order valence-corrected chi connectivity index (χ0v) is 19.6. The number of carbonyl (C=O) groups is 1. The summed E-state index contributed by atoms with van der Waals surface area (Å²) in [6, 6.07) is 14.7. The molecule has 0 radical (unpaired) electrons. The van der Waals surface area contributed by atoms with Crippen molar-refractivity contribution in [2.45, 2.75) is 59.4 Å². The molecule has 0 atom stereocenters. The summed E-state index contributed by atoms with van der Waals surface area (Å²) >= 11 is 0. The van der Waals surface area contributed by atoms with Gasteiger partial charge in [-0.25, -0.2) is 4.98 Å². The number of rotatable bonds is 12.